The number of hydrogen-bond acceptors (Lipinski definition) is 3. The molecular weight excluding hydrogens is 266 g/mol. The summed E-state index contributed by atoms with van der Waals surface area (Å²) in [5.41, 5.74) is 0.737. The Balaban J connectivity index is 1.98. The number of aliphatic hydroxyl groups is 1. The highest BCUT2D eigenvalue weighted by atomic mass is 16.5. The fraction of sp³-hybridized carbons (Fsp3) is 0.588. The van der Waals surface area contributed by atoms with Crippen molar-refractivity contribution in [2.75, 3.05) is 0 Å². The second-order valence-corrected chi connectivity index (χ2v) is 5.71. The molecule has 2 atom stereocenters. The Morgan fingerprint density at radius 1 is 1.38 bits per heavy atom. The highest BCUT2D eigenvalue weighted by Crippen LogP contribution is 2.27. The van der Waals surface area contributed by atoms with E-state index in [1.165, 1.54) is 12.8 Å². The molecular formula is C17H25NO3. The number of hydrogen-bond donors (Lipinski definition) is 2. The number of aliphatic hydroxyl groups excluding tert-OH is 1. The van der Waals surface area contributed by atoms with Gasteiger partial charge in [-0.1, -0.05) is 38.0 Å². The first-order chi connectivity index (χ1) is 10.1. The van der Waals surface area contributed by atoms with Gasteiger partial charge in [-0.05, 0) is 32.3 Å². The van der Waals surface area contributed by atoms with Crippen LogP contribution in [0.2, 0.25) is 0 Å². The minimum atomic E-state index is -0.564. The molecule has 4 heteroatoms. The summed E-state index contributed by atoms with van der Waals surface area (Å²) in [5.74, 6) is 0.503. The molecule has 0 spiro atoms. The Labute approximate surface area is 126 Å². The van der Waals surface area contributed by atoms with Crippen LogP contribution in [0.4, 0.5) is 0 Å². The van der Waals surface area contributed by atoms with E-state index in [1.807, 2.05) is 25.1 Å². The molecule has 1 aromatic carbocycles. The van der Waals surface area contributed by atoms with E-state index in [2.05, 4.69) is 5.32 Å². The highest BCUT2D eigenvalue weighted by molar-refractivity contribution is 5.81. The molecule has 0 radical (unpaired) electrons. The van der Waals surface area contributed by atoms with Crippen molar-refractivity contribution in [1.82, 2.24) is 5.32 Å². The molecule has 0 aliphatic heterocycles. The van der Waals surface area contributed by atoms with Crippen molar-refractivity contribution >= 4 is 5.91 Å². The Kier molecular flexibility index (Phi) is 5.62. The molecule has 1 aliphatic rings. The van der Waals surface area contributed by atoms with E-state index in [9.17, 15) is 9.90 Å². The van der Waals surface area contributed by atoms with E-state index in [-0.39, 0.29) is 5.91 Å². The standard InChI is InChI=1S/C17H25NO3/c1-3-15(19)14-10-6-7-11-16(14)21-12(2)17(20)18-13-8-4-5-9-13/h6-7,10-13,15,19H,3-5,8-9H2,1-2H3,(H,18,20). The lowest BCUT2D eigenvalue weighted by atomic mass is 10.1. The van der Waals surface area contributed by atoms with Crippen LogP contribution in [0.25, 0.3) is 0 Å². The normalized spacial score (nSPS) is 18.2. The van der Waals surface area contributed by atoms with Crippen molar-refractivity contribution in [3.63, 3.8) is 0 Å². The summed E-state index contributed by atoms with van der Waals surface area (Å²) in [6.45, 7) is 3.66. The van der Waals surface area contributed by atoms with Crippen LogP contribution in [-0.2, 0) is 4.79 Å². The Morgan fingerprint density at radius 3 is 2.71 bits per heavy atom. The van der Waals surface area contributed by atoms with Crippen LogP contribution < -0.4 is 10.1 Å². The maximum Gasteiger partial charge on any atom is 0.260 e. The molecule has 1 amide bonds. The van der Waals surface area contributed by atoms with Crippen molar-refractivity contribution in [3.8, 4) is 5.75 Å². The third-order valence-corrected chi connectivity index (χ3v) is 4.04. The van der Waals surface area contributed by atoms with Crippen LogP contribution in [0.3, 0.4) is 0 Å². The summed E-state index contributed by atoms with van der Waals surface area (Å²) in [6.07, 6.45) is 3.98. The minimum absolute atomic E-state index is 0.0808. The van der Waals surface area contributed by atoms with Gasteiger partial charge < -0.3 is 15.2 Å². The molecule has 2 rings (SSSR count). The van der Waals surface area contributed by atoms with Gasteiger partial charge in [0, 0.05) is 11.6 Å². The summed E-state index contributed by atoms with van der Waals surface area (Å²) in [7, 11) is 0. The van der Waals surface area contributed by atoms with E-state index in [4.69, 9.17) is 4.74 Å². The van der Waals surface area contributed by atoms with Crippen LogP contribution >= 0.6 is 0 Å². The van der Waals surface area contributed by atoms with Gasteiger partial charge in [-0.3, -0.25) is 4.79 Å². The Morgan fingerprint density at radius 2 is 2.05 bits per heavy atom. The third kappa shape index (κ3) is 4.21. The molecule has 1 aliphatic carbocycles. The van der Waals surface area contributed by atoms with Crippen LogP contribution in [-0.4, -0.2) is 23.2 Å². The molecule has 1 fully saturated rings. The van der Waals surface area contributed by atoms with Crippen molar-refractivity contribution in [2.24, 2.45) is 0 Å². The SMILES string of the molecule is CCC(O)c1ccccc1OC(C)C(=O)NC1CCCC1. The molecule has 2 unspecified atom stereocenters. The van der Waals surface area contributed by atoms with E-state index in [0.717, 1.165) is 18.4 Å². The van der Waals surface area contributed by atoms with Gasteiger partial charge in [-0.2, -0.15) is 0 Å². The van der Waals surface area contributed by atoms with Gasteiger partial charge in [0.25, 0.3) is 5.91 Å². The van der Waals surface area contributed by atoms with Gasteiger partial charge in [0.2, 0.25) is 0 Å². The lowest BCUT2D eigenvalue weighted by Gasteiger charge is -2.20. The number of amides is 1. The zero-order valence-corrected chi connectivity index (χ0v) is 12.8. The first-order valence-corrected chi connectivity index (χ1v) is 7.85. The number of ether oxygens (including phenoxy) is 1. The fourth-order valence-corrected chi connectivity index (χ4v) is 2.72. The van der Waals surface area contributed by atoms with Gasteiger partial charge >= 0.3 is 0 Å². The zero-order valence-electron chi connectivity index (χ0n) is 12.8. The van der Waals surface area contributed by atoms with E-state index in [0.29, 0.717) is 18.2 Å². The molecule has 116 valence electrons. The molecule has 0 aromatic heterocycles. The fourth-order valence-electron chi connectivity index (χ4n) is 2.72. The minimum Gasteiger partial charge on any atom is -0.481 e. The number of para-hydroxylation sites is 1. The lowest BCUT2D eigenvalue weighted by Crippen LogP contribution is -2.41. The molecule has 2 N–H and O–H groups in total. The van der Waals surface area contributed by atoms with Crippen molar-refractivity contribution in [1.29, 1.82) is 0 Å². The second-order valence-electron chi connectivity index (χ2n) is 5.71. The first-order valence-electron chi connectivity index (χ1n) is 7.85. The molecule has 1 saturated carbocycles. The number of carbonyl (C=O) groups is 1. The number of carbonyl (C=O) groups excluding carboxylic acids is 1. The monoisotopic (exact) mass is 291 g/mol. The predicted molar refractivity (Wildman–Crippen MR) is 82.2 cm³/mol. The van der Waals surface area contributed by atoms with Crippen molar-refractivity contribution < 1.29 is 14.6 Å². The Bertz CT molecular complexity index is 469. The van der Waals surface area contributed by atoms with Crippen LogP contribution in [0.15, 0.2) is 24.3 Å². The van der Waals surface area contributed by atoms with Crippen molar-refractivity contribution in [2.45, 2.75) is 64.2 Å². The average molecular weight is 291 g/mol. The van der Waals surface area contributed by atoms with Gasteiger partial charge in [0.05, 0.1) is 6.10 Å². The largest absolute Gasteiger partial charge is 0.481 e. The molecule has 4 nitrogen and oxygen atoms in total. The highest BCUT2D eigenvalue weighted by Gasteiger charge is 2.22. The van der Waals surface area contributed by atoms with Gasteiger partial charge in [0.15, 0.2) is 6.10 Å². The van der Waals surface area contributed by atoms with Crippen LogP contribution in [0, 0.1) is 0 Å². The second kappa shape index (κ2) is 7.46. The number of benzene rings is 1. The molecule has 0 bridgehead atoms. The quantitative estimate of drug-likeness (QED) is 0.847. The predicted octanol–water partition coefficient (Wildman–Crippen LogP) is 2.96. The third-order valence-electron chi connectivity index (χ3n) is 4.04. The smallest absolute Gasteiger partial charge is 0.260 e. The maximum absolute atomic E-state index is 12.2. The van der Waals surface area contributed by atoms with Gasteiger partial charge in [-0.15, -0.1) is 0 Å². The number of nitrogens with one attached hydrogen (secondary N) is 1. The van der Waals surface area contributed by atoms with E-state index in [1.54, 1.807) is 13.0 Å². The lowest BCUT2D eigenvalue weighted by molar-refractivity contribution is -0.128. The Hall–Kier alpha value is -1.55. The summed E-state index contributed by atoms with van der Waals surface area (Å²) in [4.78, 5) is 12.2. The van der Waals surface area contributed by atoms with Gasteiger partial charge in [-0.25, -0.2) is 0 Å². The van der Waals surface area contributed by atoms with Crippen LogP contribution in [0.1, 0.15) is 57.6 Å². The van der Waals surface area contributed by atoms with Gasteiger partial charge in [0.1, 0.15) is 5.75 Å². The molecule has 0 saturated heterocycles. The average Bonchev–Trinajstić information content (AvgIpc) is 2.99. The zero-order chi connectivity index (χ0) is 15.2. The summed E-state index contributed by atoms with van der Waals surface area (Å²) < 4.78 is 5.77. The number of rotatable bonds is 6. The summed E-state index contributed by atoms with van der Waals surface area (Å²) in [5, 5.41) is 13.0. The van der Waals surface area contributed by atoms with E-state index < -0.39 is 12.2 Å². The molecule has 21 heavy (non-hydrogen) atoms. The summed E-state index contributed by atoms with van der Waals surface area (Å²) >= 11 is 0. The maximum atomic E-state index is 12.2. The van der Waals surface area contributed by atoms with Crippen LogP contribution in [0.5, 0.6) is 5.75 Å². The topological polar surface area (TPSA) is 58.6 Å². The van der Waals surface area contributed by atoms with Crippen molar-refractivity contribution in [3.05, 3.63) is 29.8 Å². The first kappa shape index (κ1) is 15.8. The molecule has 1 aromatic rings. The molecule has 0 heterocycles. The summed E-state index contributed by atoms with van der Waals surface area (Å²) in [6, 6.07) is 7.64. The van der Waals surface area contributed by atoms with E-state index >= 15 is 0 Å².